The maximum Gasteiger partial charge on any atom is 0.146 e. The number of hydrogen-bond donors (Lipinski definition) is 0. The monoisotopic (exact) mass is 440 g/mol. The van der Waals surface area contributed by atoms with Crippen LogP contribution in [0, 0.1) is 30.5 Å². The van der Waals surface area contributed by atoms with Crippen LogP contribution in [0.5, 0.6) is 0 Å². The van der Waals surface area contributed by atoms with E-state index in [0.717, 1.165) is 16.9 Å². The van der Waals surface area contributed by atoms with Gasteiger partial charge in [0.1, 0.15) is 5.82 Å². The fourth-order valence-electron chi connectivity index (χ4n) is 5.26. The molecule has 0 saturated heterocycles. The molecule has 0 aromatic heterocycles. The first-order chi connectivity index (χ1) is 16.1. The molecule has 1 saturated carbocycles. The number of halogens is 1. The van der Waals surface area contributed by atoms with Gasteiger partial charge in [0.25, 0.3) is 0 Å². The highest BCUT2D eigenvalue weighted by Gasteiger charge is 2.22. The molecule has 1 aliphatic carbocycles. The minimum Gasteiger partial charge on any atom is -0.205 e. The van der Waals surface area contributed by atoms with Crippen molar-refractivity contribution in [1.29, 1.82) is 0 Å². The summed E-state index contributed by atoms with van der Waals surface area (Å²) in [4.78, 5) is 0. The minimum absolute atomic E-state index is 0.203. The third kappa shape index (κ3) is 6.26. The van der Waals surface area contributed by atoms with Crippen molar-refractivity contribution in [3.63, 3.8) is 0 Å². The summed E-state index contributed by atoms with van der Waals surface area (Å²) in [7, 11) is 0. The van der Waals surface area contributed by atoms with E-state index in [4.69, 9.17) is 0 Å². The lowest BCUT2D eigenvalue weighted by Crippen LogP contribution is -2.13. The lowest BCUT2D eigenvalue weighted by molar-refractivity contribution is 0.302. The molecule has 0 heterocycles. The molecule has 3 aromatic carbocycles. The van der Waals surface area contributed by atoms with Crippen molar-refractivity contribution < 1.29 is 4.39 Å². The predicted molar refractivity (Wildman–Crippen MR) is 139 cm³/mol. The summed E-state index contributed by atoms with van der Waals surface area (Å²) in [5.41, 5.74) is 3.95. The van der Waals surface area contributed by atoms with Crippen LogP contribution in [0.1, 0.15) is 99.3 Å². The molecule has 33 heavy (non-hydrogen) atoms. The van der Waals surface area contributed by atoms with E-state index in [2.05, 4.69) is 37.8 Å². The van der Waals surface area contributed by atoms with Crippen LogP contribution in [0.15, 0.2) is 54.6 Å². The largest absolute Gasteiger partial charge is 0.205 e. The zero-order valence-electron chi connectivity index (χ0n) is 20.3. The molecule has 0 amide bonds. The van der Waals surface area contributed by atoms with Crippen LogP contribution in [0.2, 0.25) is 0 Å². The molecule has 0 aliphatic heterocycles. The molecule has 0 spiro atoms. The zero-order chi connectivity index (χ0) is 23.0. The van der Waals surface area contributed by atoms with Crippen LogP contribution in [0.25, 0.3) is 10.8 Å². The number of unbranched alkanes of at least 4 members (excludes halogenated alkanes) is 4. The summed E-state index contributed by atoms with van der Waals surface area (Å²) < 4.78 is 15.2. The Kier molecular flexibility index (Phi) is 8.22. The number of aryl methyl sites for hydroxylation is 1. The summed E-state index contributed by atoms with van der Waals surface area (Å²) in [6.07, 6.45) is 13.6. The Balaban J connectivity index is 1.39. The first kappa shape index (κ1) is 23.6. The average Bonchev–Trinajstić information content (AvgIpc) is 2.85. The van der Waals surface area contributed by atoms with E-state index < -0.39 is 0 Å². The van der Waals surface area contributed by atoms with Crippen LogP contribution in [0.3, 0.4) is 0 Å². The van der Waals surface area contributed by atoms with Gasteiger partial charge in [-0.1, -0.05) is 99.3 Å². The topological polar surface area (TPSA) is 0 Å². The lowest BCUT2D eigenvalue weighted by atomic mass is 9.76. The highest BCUT2D eigenvalue weighted by Crippen LogP contribution is 2.39. The van der Waals surface area contributed by atoms with E-state index in [1.54, 1.807) is 0 Å². The van der Waals surface area contributed by atoms with Gasteiger partial charge in [0, 0.05) is 10.9 Å². The Bertz CT molecular complexity index is 1100. The van der Waals surface area contributed by atoms with Crippen LogP contribution in [-0.4, -0.2) is 0 Å². The minimum atomic E-state index is -0.203. The lowest BCUT2D eigenvalue weighted by Gasteiger charge is -2.29. The quantitative estimate of drug-likeness (QED) is 0.253. The van der Waals surface area contributed by atoms with Gasteiger partial charge in [-0.3, -0.25) is 0 Å². The van der Waals surface area contributed by atoms with Gasteiger partial charge in [0.2, 0.25) is 0 Å². The molecule has 1 heteroatoms. The van der Waals surface area contributed by atoms with Crippen LogP contribution in [-0.2, 0) is 0 Å². The molecule has 0 atom stereocenters. The maximum absolute atomic E-state index is 15.2. The van der Waals surface area contributed by atoms with E-state index >= 15 is 4.39 Å². The molecule has 0 unspecified atom stereocenters. The first-order valence-corrected chi connectivity index (χ1v) is 12.9. The number of hydrogen-bond acceptors (Lipinski definition) is 0. The van der Waals surface area contributed by atoms with Crippen LogP contribution in [0.4, 0.5) is 4.39 Å². The van der Waals surface area contributed by atoms with Gasteiger partial charge >= 0.3 is 0 Å². The van der Waals surface area contributed by atoms with Gasteiger partial charge < -0.3 is 0 Å². The SMILES string of the molecule is CCCCCCCC1CCC(c2ccc3c(F)c(C#Cc4ccc(C)cc4)ccc3c2)CC1. The molecule has 1 aliphatic rings. The molecule has 0 radical (unpaired) electrons. The van der Waals surface area contributed by atoms with E-state index in [1.807, 2.05) is 42.5 Å². The fraction of sp³-hybridized carbons (Fsp3) is 0.438. The van der Waals surface area contributed by atoms with Gasteiger partial charge in [-0.25, -0.2) is 4.39 Å². The van der Waals surface area contributed by atoms with E-state index in [9.17, 15) is 0 Å². The van der Waals surface area contributed by atoms with Gasteiger partial charge in [-0.15, -0.1) is 0 Å². The van der Waals surface area contributed by atoms with E-state index in [0.29, 0.717) is 16.9 Å². The Hall–Kier alpha value is -2.59. The van der Waals surface area contributed by atoms with Crippen molar-refractivity contribution in [2.24, 2.45) is 5.92 Å². The van der Waals surface area contributed by atoms with E-state index in [1.165, 1.54) is 75.3 Å². The van der Waals surface area contributed by atoms with Crippen molar-refractivity contribution in [2.75, 3.05) is 0 Å². The number of fused-ring (bicyclic) bond motifs is 1. The van der Waals surface area contributed by atoms with Crippen LogP contribution < -0.4 is 0 Å². The standard InChI is InChI=1S/C32H37F/c1-3-4-5-6-7-8-25-13-16-27(17-14-25)29-21-22-31-30(23-29)20-19-28(32(31)33)18-15-26-11-9-24(2)10-12-26/h9-12,19-23,25,27H,3-8,13-14,16-17H2,1-2H3. The Morgan fingerprint density at radius 1 is 0.818 bits per heavy atom. The summed E-state index contributed by atoms with van der Waals surface area (Å²) >= 11 is 0. The first-order valence-electron chi connectivity index (χ1n) is 12.9. The van der Waals surface area contributed by atoms with Crippen molar-refractivity contribution in [3.8, 4) is 11.8 Å². The average molecular weight is 441 g/mol. The second-order valence-electron chi connectivity index (χ2n) is 9.94. The van der Waals surface area contributed by atoms with Crippen molar-refractivity contribution in [2.45, 2.75) is 84.0 Å². The van der Waals surface area contributed by atoms with Gasteiger partial charge in [-0.2, -0.15) is 0 Å². The van der Waals surface area contributed by atoms with Gasteiger partial charge in [0.15, 0.2) is 0 Å². The third-order valence-electron chi connectivity index (χ3n) is 7.41. The van der Waals surface area contributed by atoms with E-state index in [-0.39, 0.29) is 5.82 Å². The molecule has 0 bridgehead atoms. The molecule has 0 nitrogen and oxygen atoms in total. The van der Waals surface area contributed by atoms with Gasteiger partial charge in [-0.05, 0) is 73.6 Å². The number of benzene rings is 3. The second kappa shape index (κ2) is 11.5. The highest BCUT2D eigenvalue weighted by atomic mass is 19.1. The fourth-order valence-corrected chi connectivity index (χ4v) is 5.26. The third-order valence-corrected chi connectivity index (χ3v) is 7.41. The second-order valence-corrected chi connectivity index (χ2v) is 9.94. The maximum atomic E-state index is 15.2. The number of rotatable bonds is 7. The van der Waals surface area contributed by atoms with Crippen molar-refractivity contribution in [3.05, 3.63) is 82.7 Å². The molecular weight excluding hydrogens is 403 g/mol. The normalized spacial score (nSPS) is 18.2. The molecule has 4 rings (SSSR count). The predicted octanol–water partition coefficient (Wildman–Crippen LogP) is 9.32. The summed E-state index contributed by atoms with van der Waals surface area (Å²) in [5, 5.41) is 1.67. The van der Waals surface area contributed by atoms with Crippen molar-refractivity contribution >= 4 is 10.8 Å². The Labute approximate surface area is 199 Å². The van der Waals surface area contributed by atoms with Crippen molar-refractivity contribution in [1.82, 2.24) is 0 Å². The molecule has 3 aromatic rings. The zero-order valence-corrected chi connectivity index (χ0v) is 20.3. The smallest absolute Gasteiger partial charge is 0.146 e. The van der Waals surface area contributed by atoms with Crippen LogP contribution >= 0.6 is 0 Å². The summed E-state index contributed by atoms with van der Waals surface area (Å²) in [5.74, 6) is 7.45. The summed E-state index contributed by atoms with van der Waals surface area (Å²) in [6.45, 7) is 4.33. The molecule has 172 valence electrons. The molecule has 1 fully saturated rings. The molecular formula is C32H37F. The van der Waals surface area contributed by atoms with Gasteiger partial charge in [0.05, 0.1) is 5.56 Å². The summed E-state index contributed by atoms with van der Waals surface area (Å²) in [6, 6.07) is 18.2. The highest BCUT2D eigenvalue weighted by molar-refractivity contribution is 5.85. The Morgan fingerprint density at radius 3 is 2.33 bits per heavy atom. The Morgan fingerprint density at radius 2 is 1.58 bits per heavy atom. The molecule has 0 N–H and O–H groups in total.